The topological polar surface area (TPSA) is 68.0 Å². The van der Waals surface area contributed by atoms with Crippen LogP contribution >= 0.6 is 27.5 Å². The molecule has 0 spiro atoms. The van der Waals surface area contributed by atoms with E-state index in [9.17, 15) is 4.79 Å². The first-order valence-corrected chi connectivity index (χ1v) is 6.63. The Kier molecular flexibility index (Phi) is 4.07. The van der Waals surface area contributed by atoms with Gasteiger partial charge in [0.25, 0.3) is 5.91 Å². The zero-order chi connectivity index (χ0) is 14.0. The molecule has 0 aliphatic heterocycles. The highest BCUT2D eigenvalue weighted by atomic mass is 79.9. The smallest absolute Gasteiger partial charge is 0.256 e. The predicted octanol–water partition coefficient (Wildman–Crippen LogP) is 3.64. The third-order valence-electron chi connectivity index (χ3n) is 2.64. The van der Waals surface area contributed by atoms with Crippen molar-refractivity contribution >= 4 is 44.8 Å². The SMILES string of the molecule is Cc1c(N)cc(Br)cc1C(=O)Nc1ccnc(Cl)c1. The molecule has 0 saturated carbocycles. The van der Waals surface area contributed by atoms with E-state index in [1.54, 1.807) is 31.2 Å². The van der Waals surface area contributed by atoms with E-state index in [0.717, 1.165) is 10.0 Å². The van der Waals surface area contributed by atoms with Gasteiger partial charge in [0, 0.05) is 27.6 Å². The maximum Gasteiger partial charge on any atom is 0.256 e. The van der Waals surface area contributed by atoms with Crippen molar-refractivity contribution in [1.29, 1.82) is 0 Å². The Balaban J connectivity index is 2.30. The molecule has 19 heavy (non-hydrogen) atoms. The summed E-state index contributed by atoms with van der Waals surface area (Å²) in [6, 6.07) is 6.73. The van der Waals surface area contributed by atoms with Crippen LogP contribution in [0.3, 0.4) is 0 Å². The number of halogens is 2. The molecule has 0 aliphatic rings. The van der Waals surface area contributed by atoms with Crippen LogP contribution in [0.4, 0.5) is 11.4 Å². The van der Waals surface area contributed by atoms with E-state index in [4.69, 9.17) is 17.3 Å². The fraction of sp³-hybridized carbons (Fsp3) is 0.0769. The quantitative estimate of drug-likeness (QED) is 0.648. The fourth-order valence-electron chi connectivity index (χ4n) is 1.61. The Hall–Kier alpha value is -1.59. The summed E-state index contributed by atoms with van der Waals surface area (Å²) in [5, 5.41) is 3.08. The van der Waals surface area contributed by atoms with Crippen LogP contribution in [0.5, 0.6) is 0 Å². The second-order valence-electron chi connectivity index (χ2n) is 3.99. The van der Waals surface area contributed by atoms with E-state index in [2.05, 4.69) is 26.2 Å². The fourth-order valence-corrected chi connectivity index (χ4v) is 2.26. The van der Waals surface area contributed by atoms with Gasteiger partial charge in [-0.2, -0.15) is 0 Å². The van der Waals surface area contributed by atoms with E-state index in [1.165, 1.54) is 6.20 Å². The highest BCUT2D eigenvalue weighted by Crippen LogP contribution is 2.24. The van der Waals surface area contributed by atoms with E-state index in [0.29, 0.717) is 22.1 Å². The van der Waals surface area contributed by atoms with Gasteiger partial charge in [-0.15, -0.1) is 0 Å². The number of benzene rings is 1. The number of nitrogens with one attached hydrogen (secondary N) is 1. The number of nitrogens with two attached hydrogens (primary N) is 1. The summed E-state index contributed by atoms with van der Waals surface area (Å²) in [4.78, 5) is 16.1. The van der Waals surface area contributed by atoms with Crippen molar-refractivity contribution in [3.63, 3.8) is 0 Å². The molecule has 2 aromatic rings. The maximum absolute atomic E-state index is 12.2. The van der Waals surface area contributed by atoms with Gasteiger partial charge < -0.3 is 11.1 Å². The van der Waals surface area contributed by atoms with E-state index in [-0.39, 0.29) is 5.91 Å². The lowest BCUT2D eigenvalue weighted by Gasteiger charge is -2.10. The van der Waals surface area contributed by atoms with E-state index < -0.39 is 0 Å². The Morgan fingerprint density at radius 3 is 2.84 bits per heavy atom. The second kappa shape index (κ2) is 5.59. The number of nitrogens with zero attached hydrogens (tertiary/aromatic N) is 1. The Morgan fingerprint density at radius 2 is 2.16 bits per heavy atom. The zero-order valence-corrected chi connectivity index (χ0v) is 12.4. The van der Waals surface area contributed by atoms with Gasteiger partial charge in [-0.25, -0.2) is 4.98 Å². The van der Waals surface area contributed by atoms with Crippen molar-refractivity contribution < 1.29 is 4.79 Å². The molecule has 0 atom stereocenters. The molecule has 1 heterocycles. The van der Waals surface area contributed by atoms with Crippen molar-refractivity contribution in [3.05, 3.63) is 51.2 Å². The minimum atomic E-state index is -0.243. The van der Waals surface area contributed by atoms with Gasteiger partial charge in [-0.3, -0.25) is 4.79 Å². The van der Waals surface area contributed by atoms with Crippen LogP contribution < -0.4 is 11.1 Å². The normalized spacial score (nSPS) is 10.3. The van der Waals surface area contributed by atoms with Crippen molar-refractivity contribution in [1.82, 2.24) is 4.98 Å². The van der Waals surface area contributed by atoms with Crippen LogP contribution in [0, 0.1) is 6.92 Å². The molecular formula is C13H11BrClN3O. The summed E-state index contributed by atoms with van der Waals surface area (Å²) in [7, 11) is 0. The van der Waals surface area contributed by atoms with Crippen molar-refractivity contribution in [2.45, 2.75) is 6.92 Å². The molecule has 98 valence electrons. The first kappa shape index (κ1) is 13.8. The number of aromatic nitrogens is 1. The molecular weight excluding hydrogens is 330 g/mol. The predicted molar refractivity (Wildman–Crippen MR) is 80.5 cm³/mol. The van der Waals surface area contributed by atoms with Crippen LogP contribution in [-0.4, -0.2) is 10.9 Å². The van der Waals surface area contributed by atoms with Gasteiger partial charge in [0.15, 0.2) is 0 Å². The van der Waals surface area contributed by atoms with Gasteiger partial charge in [0.2, 0.25) is 0 Å². The van der Waals surface area contributed by atoms with Crippen molar-refractivity contribution in [2.24, 2.45) is 0 Å². The summed E-state index contributed by atoms with van der Waals surface area (Å²) >= 11 is 9.09. The number of hydrogen-bond donors (Lipinski definition) is 2. The average Bonchev–Trinajstić information content (AvgIpc) is 2.33. The lowest BCUT2D eigenvalue weighted by molar-refractivity contribution is 0.102. The van der Waals surface area contributed by atoms with Crippen LogP contribution in [0.2, 0.25) is 5.15 Å². The lowest BCUT2D eigenvalue weighted by Crippen LogP contribution is -2.14. The summed E-state index contributed by atoms with van der Waals surface area (Å²) in [5.41, 5.74) is 8.23. The number of nitrogen functional groups attached to an aromatic ring is 1. The molecule has 1 amide bonds. The molecule has 0 fully saturated rings. The Morgan fingerprint density at radius 1 is 1.42 bits per heavy atom. The zero-order valence-electron chi connectivity index (χ0n) is 10.1. The number of pyridine rings is 1. The van der Waals surface area contributed by atoms with Gasteiger partial charge >= 0.3 is 0 Å². The first-order valence-electron chi connectivity index (χ1n) is 5.46. The van der Waals surface area contributed by atoms with Gasteiger partial charge in [0.1, 0.15) is 5.15 Å². The number of carbonyl (C=O) groups is 1. The van der Waals surface area contributed by atoms with Crippen LogP contribution in [0.15, 0.2) is 34.9 Å². The van der Waals surface area contributed by atoms with Crippen molar-refractivity contribution in [3.8, 4) is 0 Å². The molecule has 4 nitrogen and oxygen atoms in total. The van der Waals surface area contributed by atoms with Gasteiger partial charge in [0.05, 0.1) is 0 Å². The monoisotopic (exact) mass is 339 g/mol. The van der Waals surface area contributed by atoms with E-state index >= 15 is 0 Å². The van der Waals surface area contributed by atoms with Crippen LogP contribution in [0.25, 0.3) is 0 Å². The summed E-state index contributed by atoms with van der Waals surface area (Å²) < 4.78 is 0.758. The minimum Gasteiger partial charge on any atom is -0.398 e. The van der Waals surface area contributed by atoms with Crippen LogP contribution in [0.1, 0.15) is 15.9 Å². The first-order chi connectivity index (χ1) is 8.97. The molecule has 2 rings (SSSR count). The third-order valence-corrected chi connectivity index (χ3v) is 3.31. The summed E-state index contributed by atoms with van der Waals surface area (Å²) in [6.07, 6.45) is 1.53. The van der Waals surface area contributed by atoms with E-state index in [1.807, 2.05) is 0 Å². The number of amides is 1. The largest absolute Gasteiger partial charge is 0.398 e. The molecule has 3 N–H and O–H groups in total. The highest BCUT2D eigenvalue weighted by molar-refractivity contribution is 9.10. The molecule has 0 bridgehead atoms. The third kappa shape index (κ3) is 3.24. The Bertz CT molecular complexity index is 646. The van der Waals surface area contributed by atoms with Crippen molar-refractivity contribution in [2.75, 3.05) is 11.1 Å². The molecule has 0 saturated heterocycles. The lowest BCUT2D eigenvalue weighted by atomic mass is 10.1. The highest BCUT2D eigenvalue weighted by Gasteiger charge is 2.12. The number of hydrogen-bond acceptors (Lipinski definition) is 3. The summed E-state index contributed by atoms with van der Waals surface area (Å²) in [5.74, 6) is -0.243. The number of rotatable bonds is 2. The number of anilines is 2. The molecule has 0 radical (unpaired) electrons. The molecule has 1 aromatic heterocycles. The van der Waals surface area contributed by atoms with Gasteiger partial charge in [-0.05, 0) is 36.8 Å². The summed E-state index contributed by atoms with van der Waals surface area (Å²) in [6.45, 7) is 1.80. The number of carbonyl (C=O) groups excluding carboxylic acids is 1. The molecule has 0 aliphatic carbocycles. The standard InChI is InChI=1S/C13H11BrClN3O/c1-7-10(4-8(14)5-11(7)16)13(19)18-9-2-3-17-12(15)6-9/h2-6H,16H2,1H3,(H,17,18,19). The molecule has 0 unspecified atom stereocenters. The average molecular weight is 341 g/mol. The Labute approximate surface area is 124 Å². The molecule has 1 aromatic carbocycles. The minimum absolute atomic E-state index is 0.243. The maximum atomic E-state index is 12.2. The van der Waals surface area contributed by atoms with Crippen LogP contribution in [-0.2, 0) is 0 Å². The van der Waals surface area contributed by atoms with Gasteiger partial charge in [-0.1, -0.05) is 27.5 Å². The molecule has 6 heteroatoms. The second-order valence-corrected chi connectivity index (χ2v) is 5.29.